The first kappa shape index (κ1) is 27.3. The SMILES string of the molecule is O=C1C(=O)c2ccccc2/C1=C/c1cc2c(s1)c1sc(/C=C3/c4ccccc4C(=O)C3O)cc1n2C(=O)OCc1ccccc1. The van der Waals surface area contributed by atoms with Gasteiger partial charge in [0.2, 0.25) is 11.6 Å². The number of hydrogen-bond acceptors (Lipinski definition) is 8. The van der Waals surface area contributed by atoms with Crippen LogP contribution in [0, 0.1) is 0 Å². The second-order valence-electron chi connectivity index (χ2n) is 10.8. The zero-order chi connectivity index (χ0) is 30.8. The summed E-state index contributed by atoms with van der Waals surface area (Å²) in [4.78, 5) is 53.3. The van der Waals surface area contributed by atoms with Gasteiger partial charge in [-0.15, -0.1) is 22.7 Å². The Morgan fingerprint density at radius 1 is 0.733 bits per heavy atom. The number of aliphatic hydroxyl groups is 1. The van der Waals surface area contributed by atoms with Crippen LogP contribution in [0.15, 0.2) is 91.0 Å². The third kappa shape index (κ3) is 4.35. The highest BCUT2D eigenvalue weighted by molar-refractivity contribution is 7.28. The predicted octanol–water partition coefficient (Wildman–Crippen LogP) is 7.51. The van der Waals surface area contributed by atoms with Gasteiger partial charge in [0.1, 0.15) is 12.7 Å². The Kier molecular flexibility index (Phi) is 6.35. The number of ether oxygens (including phenoxy) is 1. The standard InChI is InChI=1S/C36H21NO6S2/c38-30-24-12-6-4-10-22(24)26(32(30)40)14-20-16-28-34(44-20)35-29(37(28)36(42)43-18-19-8-2-1-3-9-19)17-21(45-35)15-27-23-11-5-7-13-25(23)31(39)33(27)41/h1-17,32,40H,18H2/b26-14-,27-15-. The van der Waals surface area contributed by atoms with E-state index in [-0.39, 0.29) is 12.4 Å². The Labute approximate surface area is 263 Å². The number of carbonyl (C=O) groups is 4. The lowest BCUT2D eigenvalue weighted by molar-refractivity contribution is -0.109. The lowest BCUT2D eigenvalue weighted by atomic mass is 10.1. The fourth-order valence-corrected chi connectivity index (χ4v) is 8.30. The van der Waals surface area contributed by atoms with Gasteiger partial charge in [0, 0.05) is 26.5 Å². The van der Waals surface area contributed by atoms with Gasteiger partial charge in [-0.3, -0.25) is 14.4 Å². The molecule has 0 amide bonds. The van der Waals surface area contributed by atoms with Gasteiger partial charge in [0.15, 0.2) is 5.78 Å². The number of rotatable bonds is 4. The van der Waals surface area contributed by atoms with E-state index in [9.17, 15) is 24.3 Å². The van der Waals surface area contributed by atoms with Crippen molar-refractivity contribution in [3.05, 3.63) is 129 Å². The summed E-state index contributed by atoms with van der Waals surface area (Å²) in [5.74, 6) is -1.43. The smallest absolute Gasteiger partial charge is 0.419 e. The zero-order valence-corrected chi connectivity index (χ0v) is 25.0. The first-order valence-corrected chi connectivity index (χ1v) is 15.7. The van der Waals surface area contributed by atoms with Gasteiger partial charge in [0.05, 0.1) is 20.4 Å². The summed E-state index contributed by atoms with van der Waals surface area (Å²) in [5, 5.41) is 10.8. The topological polar surface area (TPSA) is 103 Å². The molecule has 1 atom stereocenters. The van der Waals surface area contributed by atoms with E-state index in [1.807, 2.05) is 54.6 Å². The number of aliphatic hydroxyl groups excluding tert-OH is 1. The van der Waals surface area contributed by atoms with E-state index in [4.69, 9.17) is 4.74 Å². The fourth-order valence-electron chi connectivity index (χ4n) is 5.97. The molecular weight excluding hydrogens is 607 g/mol. The predicted molar refractivity (Wildman–Crippen MR) is 176 cm³/mol. The molecule has 6 aromatic rings. The van der Waals surface area contributed by atoms with Crippen molar-refractivity contribution in [2.24, 2.45) is 0 Å². The molecule has 2 aliphatic carbocycles. The van der Waals surface area contributed by atoms with Crippen molar-refractivity contribution in [2.45, 2.75) is 12.7 Å². The van der Waals surface area contributed by atoms with Crippen LogP contribution in [-0.4, -0.2) is 39.2 Å². The molecule has 7 nitrogen and oxygen atoms in total. The van der Waals surface area contributed by atoms with Crippen LogP contribution in [0.5, 0.6) is 0 Å². The van der Waals surface area contributed by atoms with Gasteiger partial charge in [-0.2, -0.15) is 0 Å². The van der Waals surface area contributed by atoms with E-state index in [2.05, 4.69) is 0 Å². The van der Waals surface area contributed by atoms with Crippen molar-refractivity contribution in [3.63, 3.8) is 0 Å². The van der Waals surface area contributed by atoms with Crippen LogP contribution in [0.3, 0.4) is 0 Å². The first-order chi connectivity index (χ1) is 21.9. The summed E-state index contributed by atoms with van der Waals surface area (Å²) in [5.41, 5.74) is 5.07. The number of hydrogen-bond donors (Lipinski definition) is 1. The molecule has 0 saturated heterocycles. The minimum Gasteiger partial charge on any atom is -0.444 e. The van der Waals surface area contributed by atoms with Gasteiger partial charge in [-0.05, 0) is 46.5 Å². The highest BCUT2D eigenvalue weighted by Gasteiger charge is 2.34. The third-order valence-electron chi connectivity index (χ3n) is 8.08. The average Bonchev–Trinajstić information content (AvgIpc) is 3.83. The lowest BCUT2D eigenvalue weighted by Crippen LogP contribution is -2.13. The van der Waals surface area contributed by atoms with Crippen molar-refractivity contribution in [2.75, 3.05) is 0 Å². The largest absolute Gasteiger partial charge is 0.444 e. The molecule has 0 spiro atoms. The molecule has 0 saturated carbocycles. The minimum absolute atomic E-state index is 0.0847. The Hall–Kier alpha value is -5.22. The van der Waals surface area contributed by atoms with Crippen LogP contribution in [0.25, 0.3) is 43.7 Å². The number of ketones is 3. The van der Waals surface area contributed by atoms with Crippen LogP contribution >= 0.6 is 22.7 Å². The molecule has 3 heterocycles. The van der Waals surface area contributed by atoms with Crippen molar-refractivity contribution in [3.8, 4) is 0 Å². The molecule has 45 heavy (non-hydrogen) atoms. The summed E-state index contributed by atoms with van der Waals surface area (Å²) in [6.45, 7) is 0.0847. The number of benzene rings is 3. The fraction of sp³-hybridized carbons (Fsp3) is 0.0556. The van der Waals surface area contributed by atoms with E-state index in [0.717, 1.165) is 19.8 Å². The van der Waals surface area contributed by atoms with Gasteiger partial charge < -0.3 is 9.84 Å². The highest BCUT2D eigenvalue weighted by atomic mass is 32.1. The quantitative estimate of drug-likeness (QED) is 0.160. The second-order valence-corrected chi connectivity index (χ2v) is 12.9. The van der Waals surface area contributed by atoms with Crippen LogP contribution in [0.2, 0.25) is 0 Å². The number of thiophene rings is 2. The number of Topliss-reactive ketones (excluding diaryl/α,β-unsaturated/α-hetero) is 3. The third-order valence-corrected chi connectivity index (χ3v) is 10.4. The normalized spacial score (nSPS) is 17.6. The van der Waals surface area contributed by atoms with Crippen LogP contribution in [0.4, 0.5) is 4.79 Å². The molecular formula is C36H21NO6S2. The number of carbonyl (C=O) groups excluding carboxylic acids is 4. The van der Waals surface area contributed by atoms with E-state index in [1.54, 1.807) is 48.6 Å². The molecule has 1 unspecified atom stereocenters. The zero-order valence-electron chi connectivity index (χ0n) is 23.4. The van der Waals surface area contributed by atoms with Crippen molar-refractivity contribution in [1.29, 1.82) is 0 Å². The number of nitrogens with zero attached hydrogens (tertiary/aromatic N) is 1. The molecule has 9 heteroatoms. The summed E-state index contributed by atoms with van der Waals surface area (Å²) >= 11 is 2.84. The van der Waals surface area contributed by atoms with Gasteiger partial charge in [0.25, 0.3) is 0 Å². The van der Waals surface area contributed by atoms with E-state index < -0.39 is 23.8 Å². The summed E-state index contributed by atoms with van der Waals surface area (Å²) in [6.07, 6.45) is 1.67. The molecule has 3 aromatic carbocycles. The maximum Gasteiger partial charge on any atom is 0.419 e. The summed E-state index contributed by atoms with van der Waals surface area (Å²) in [7, 11) is 0. The average molecular weight is 628 g/mol. The van der Waals surface area contributed by atoms with Crippen molar-refractivity contribution in [1.82, 2.24) is 4.57 Å². The first-order valence-electron chi connectivity index (χ1n) is 14.1. The van der Waals surface area contributed by atoms with Crippen LogP contribution < -0.4 is 0 Å². The summed E-state index contributed by atoms with van der Waals surface area (Å²) in [6, 6.07) is 27.1. The lowest BCUT2D eigenvalue weighted by Gasteiger charge is -2.07. The van der Waals surface area contributed by atoms with E-state index in [1.165, 1.54) is 27.2 Å². The van der Waals surface area contributed by atoms with Gasteiger partial charge in [-0.25, -0.2) is 9.36 Å². The van der Waals surface area contributed by atoms with E-state index >= 15 is 0 Å². The molecule has 3 aromatic heterocycles. The molecule has 0 aliphatic heterocycles. The molecule has 0 fully saturated rings. The Bertz CT molecular complexity index is 2320. The van der Waals surface area contributed by atoms with Crippen molar-refractivity contribution >= 4 is 89.8 Å². The molecule has 2 aliphatic rings. The second kappa shape index (κ2) is 10.4. The number of allylic oxidation sites excluding steroid dienone is 1. The minimum atomic E-state index is -1.27. The van der Waals surface area contributed by atoms with Gasteiger partial charge in [-0.1, -0.05) is 78.9 Å². The van der Waals surface area contributed by atoms with Crippen molar-refractivity contribution < 1.29 is 29.0 Å². The molecule has 0 bridgehead atoms. The Morgan fingerprint density at radius 2 is 1.31 bits per heavy atom. The van der Waals surface area contributed by atoms with Crippen LogP contribution in [-0.2, 0) is 16.1 Å². The maximum absolute atomic E-state index is 13.7. The maximum atomic E-state index is 13.7. The molecule has 218 valence electrons. The highest BCUT2D eigenvalue weighted by Crippen LogP contribution is 2.44. The van der Waals surface area contributed by atoms with Crippen LogP contribution in [0.1, 0.15) is 47.2 Å². The van der Waals surface area contributed by atoms with E-state index in [0.29, 0.717) is 49.3 Å². The monoisotopic (exact) mass is 627 g/mol. The number of aromatic nitrogens is 1. The Morgan fingerprint density at radius 3 is 2.00 bits per heavy atom. The molecule has 1 N–H and O–H groups in total. The van der Waals surface area contributed by atoms with Gasteiger partial charge >= 0.3 is 6.09 Å². The molecule has 8 rings (SSSR count). The molecule has 0 radical (unpaired) electrons. The summed E-state index contributed by atoms with van der Waals surface area (Å²) < 4.78 is 8.91. The number of fused-ring (bicyclic) bond motifs is 5. The Balaban J connectivity index is 1.26.